The fraction of sp³-hybridized carbons (Fsp3) is 0.118. The molecule has 8 heteroatoms. The van der Waals surface area contributed by atoms with Gasteiger partial charge in [-0.25, -0.2) is 9.97 Å². The summed E-state index contributed by atoms with van der Waals surface area (Å²) < 4.78 is 38.1. The number of anilines is 2. The monoisotopic (exact) mass is 346 g/mol. The summed E-state index contributed by atoms with van der Waals surface area (Å²) in [4.78, 5) is 11.4. The number of alkyl halides is 3. The summed E-state index contributed by atoms with van der Waals surface area (Å²) in [5.41, 5.74) is 1.71. The number of benzene rings is 1. The second-order valence-corrected chi connectivity index (χ2v) is 5.17. The van der Waals surface area contributed by atoms with E-state index in [1.165, 1.54) is 0 Å². The topological polar surface area (TPSA) is 70.9 Å². The maximum atomic E-state index is 12.7. The lowest BCUT2D eigenvalue weighted by Gasteiger charge is -2.10. The number of hydrogen-bond donors (Lipinski definition) is 2. The molecule has 3 aromatic rings. The molecular formula is C17H13F3N4O. The van der Waals surface area contributed by atoms with Gasteiger partial charge in [0.15, 0.2) is 0 Å². The quantitative estimate of drug-likeness (QED) is 0.752. The van der Waals surface area contributed by atoms with Crippen LogP contribution in [-0.2, 0) is 12.8 Å². The molecule has 2 heterocycles. The van der Waals surface area contributed by atoms with Crippen LogP contribution < -0.4 is 5.32 Å². The lowest BCUT2D eigenvalue weighted by Crippen LogP contribution is -2.10. The predicted molar refractivity (Wildman–Crippen MR) is 85.9 cm³/mol. The van der Waals surface area contributed by atoms with Gasteiger partial charge in [-0.2, -0.15) is 13.2 Å². The van der Waals surface area contributed by atoms with Crippen LogP contribution in [0.15, 0.2) is 54.9 Å². The lowest BCUT2D eigenvalue weighted by molar-refractivity contribution is -0.141. The fourth-order valence-electron chi connectivity index (χ4n) is 2.17. The van der Waals surface area contributed by atoms with Crippen LogP contribution in [0.4, 0.5) is 24.8 Å². The number of nitrogens with one attached hydrogen (secondary N) is 1. The molecule has 25 heavy (non-hydrogen) atoms. The lowest BCUT2D eigenvalue weighted by atomic mass is 10.1. The third-order valence-corrected chi connectivity index (χ3v) is 3.38. The van der Waals surface area contributed by atoms with Crippen molar-refractivity contribution >= 4 is 11.6 Å². The van der Waals surface area contributed by atoms with Crippen molar-refractivity contribution in [3.63, 3.8) is 0 Å². The van der Waals surface area contributed by atoms with Gasteiger partial charge in [-0.15, -0.1) is 0 Å². The van der Waals surface area contributed by atoms with Crippen LogP contribution in [0, 0.1) is 0 Å². The molecule has 2 N–H and O–H groups in total. The molecule has 0 radical (unpaired) electrons. The maximum Gasteiger partial charge on any atom is 0.433 e. The van der Waals surface area contributed by atoms with Crippen molar-refractivity contribution in [1.82, 2.24) is 15.0 Å². The van der Waals surface area contributed by atoms with Crippen LogP contribution in [-0.4, -0.2) is 20.1 Å². The molecule has 0 fully saturated rings. The van der Waals surface area contributed by atoms with Crippen molar-refractivity contribution < 1.29 is 18.3 Å². The van der Waals surface area contributed by atoms with Gasteiger partial charge in [-0.3, -0.25) is 4.98 Å². The third kappa shape index (κ3) is 4.10. The number of aromatic nitrogens is 3. The van der Waals surface area contributed by atoms with Crippen molar-refractivity contribution in [2.45, 2.75) is 12.8 Å². The van der Waals surface area contributed by atoms with Gasteiger partial charge in [0, 0.05) is 23.6 Å². The van der Waals surface area contributed by atoms with E-state index >= 15 is 0 Å². The predicted octanol–water partition coefficient (Wildman–Crippen LogP) is 3.79. The van der Waals surface area contributed by atoms with E-state index in [9.17, 15) is 13.2 Å². The zero-order valence-corrected chi connectivity index (χ0v) is 12.8. The summed E-state index contributed by atoms with van der Waals surface area (Å²) in [7, 11) is 0. The molecule has 0 saturated carbocycles. The fourth-order valence-corrected chi connectivity index (χ4v) is 2.17. The van der Waals surface area contributed by atoms with Gasteiger partial charge in [0.2, 0.25) is 5.95 Å². The Bertz CT molecular complexity index is 866. The third-order valence-electron chi connectivity index (χ3n) is 3.38. The summed E-state index contributed by atoms with van der Waals surface area (Å²) in [6.45, 7) is -0.144. The van der Waals surface area contributed by atoms with Gasteiger partial charge in [0.05, 0.1) is 12.3 Å². The number of aliphatic hydroxyl groups excluding tert-OH is 1. The van der Waals surface area contributed by atoms with E-state index in [4.69, 9.17) is 5.11 Å². The molecule has 0 amide bonds. The van der Waals surface area contributed by atoms with Crippen molar-refractivity contribution in [1.29, 1.82) is 0 Å². The summed E-state index contributed by atoms with van der Waals surface area (Å²) in [6, 6.07) is 11.4. The van der Waals surface area contributed by atoms with Crippen LogP contribution in [0.5, 0.6) is 0 Å². The number of pyridine rings is 1. The van der Waals surface area contributed by atoms with Gasteiger partial charge in [-0.05, 0) is 29.8 Å². The highest BCUT2D eigenvalue weighted by Crippen LogP contribution is 2.28. The molecular weight excluding hydrogens is 333 g/mol. The summed E-state index contributed by atoms with van der Waals surface area (Å²) >= 11 is 0. The first-order valence-corrected chi connectivity index (χ1v) is 7.29. The SMILES string of the molecule is OCc1ccc(-c2cccc(Nc3nccc(C(F)(F)F)n3)c2)cn1. The number of nitrogens with zero attached hydrogens (tertiary/aromatic N) is 3. The second-order valence-electron chi connectivity index (χ2n) is 5.17. The standard InChI is InChI=1S/C17H13F3N4O/c18-17(19,20)15-6-7-21-16(24-15)23-13-3-1-2-11(8-13)12-4-5-14(10-25)22-9-12/h1-9,25H,10H2,(H,21,23,24). The average Bonchev–Trinajstić information content (AvgIpc) is 2.61. The summed E-state index contributed by atoms with van der Waals surface area (Å²) in [5, 5.41) is 11.8. The van der Waals surface area contributed by atoms with Gasteiger partial charge in [-0.1, -0.05) is 18.2 Å². The Hall–Kier alpha value is -3.00. The Kier molecular flexibility index (Phi) is 4.62. The minimum absolute atomic E-state index is 0.138. The zero-order chi connectivity index (χ0) is 17.9. The highest BCUT2D eigenvalue weighted by Gasteiger charge is 2.32. The summed E-state index contributed by atoms with van der Waals surface area (Å²) in [6.07, 6.45) is -1.85. The van der Waals surface area contributed by atoms with E-state index in [1.807, 2.05) is 6.07 Å². The van der Waals surface area contributed by atoms with Gasteiger partial charge < -0.3 is 10.4 Å². The minimum atomic E-state index is -4.53. The molecule has 0 aliphatic rings. The minimum Gasteiger partial charge on any atom is -0.390 e. The number of aliphatic hydroxyl groups is 1. The molecule has 128 valence electrons. The molecule has 0 spiro atoms. The molecule has 3 rings (SSSR count). The Morgan fingerprint density at radius 3 is 2.52 bits per heavy atom. The van der Waals surface area contributed by atoms with Crippen molar-refractivity contribution in [3.05, 3.63) is 66.2 Å². The van der Waals surface area contributed by atoms with E-state index in [0.717, 1.165) is 23.4 Å². The Morgan fingerprint density at radius 2 is 1.84 bits per heavy atom. The van der Waals surface area contributed by atoms with E-state index < -0.39 is 11.9 Å². The molecule has 1 aromatic carbocycles. The normalized spacial score (nSPS) is 11.4. The first-order valence-electron chi connectivity index (χ1n) is 7.29. The first kappa shape index (κ1) is 16.8. The molecule has 0 atom stereocenters. The molecule has 0 saturated heterocycles. The van der Waals surface area contributed by atoms with Gasteiger partial charge in [0.1, 0.15) is 5.69 Å². The molecule has 0 aliphatic heterocycles. The highest BCUT2D eigenvalue weighted by atomic mass is 19.4. The van der Waals surface area contributed by atoms with E-state index in [1.54, 1.807) is 36.5 Å². The van der Waals surface area contributed by atoms with Crippen molar-refractivity contribution in [2.24, 2.45) is 0 Å². The van der Waals surface area contributed by atoms with Gasteiger partial charge >= 0.3 is 6.18 Å². The highest BCUT2D eigenvalue weighted by molar-refractivity contribution is 5.69. The van der Waals surface area contributed by atoms with Crippen molar-refractivity contribution in [3.8, 4) is 11.1 Å². The number of halogens is 3. The molecule has 2 aromatic heterocycles. The van der Waals surface area contributed by atoms with Crippen LogP contribution in [0.25, 0.3) is 11.1 Å². The second kappa shape index (κ2) is 6.86. The average molecular weight is 346 g/mol. The Morgan fingerprint density at radius 1 is 1.00 bits per heavy atom. The van der Waals surface area contributed by atoms with E-state index in [-0.39, 0.29) is 12.6 Å². The molecule has 0 unspecified atom stereocenters. The molecule has 0 aliphatic carbocycles. The van der Waals surface area contributed by atoms with Crippen LogP contribution in [0.1, 0.15) is 11.4 Å². The smallest absolute Gasteiger partial charge is 0.390 e. The van der Waals surface area contributed by atoms with E-state index in [0.29, 0.717) is 11.4 Å². The van der Waals surface area contributed by atoms with Crippen LogP contribution in [0.2, 0.25) is 0 Å². The largest absolute Gasteiger partial charge is 0.433 e. The summed E-state index contributed by atoms with van der Waals surface area (Å²) in [5.74, 6) is -0.138. The van der Waals surface area contributed by atoms with Crippen LogP contribution >= 0.6 is 0 Å². The van der Waals surface area contributed by atoms with Gasteiger partial charge in [0.25, 0.3) is 0 Å². The Balaban J connectivity index is 1.84. The Labute approximate surface area is 141 Å². The zero-order valence-electron chi connectivity index (χ0n) is 12.8. The van der Waals surface area contributed by atoms with Crippen molar-refractivity contribution in [2.75, 3.05) is 5.32 Å². The first-order chi connectivity index (χ1) is 12.0. The molecule has 5 nitrogen and oxygen atoms in total. The molecule has 0 bridgehead atoms. The number of rotatable bonds is 4. The maximum absolute atomic E-state index is 12.7. The number of hydrogen-bond acceptors (Lipinski definition) is 5. The van der Waals surface area contributed by atoms with Crippen LogP contribution in [0.3, 0.4) is 0 Å². The van der Waals surface area contributed by atoms with E-state index in [2.05, 4.69) is 20.3 Å².